The molecule has 21 nitrogen and oxygen atoms in total. The molecule has 0 amide bonds. The van der Waals surface area contributed by atoms with Crippen LogP contribution in [-0.4, -0.2) is 113 Å². The van der Waals surface area contributed by atoms with Crippen LogP contribution in [0.3, 0.4) is 0 Å². The molecule has 0 radical (unpaired) electrons. The first kappa shape index (κ1) is 46.2. The number of ether oxygens (including phenoxy) is 10. The second-order valence-corrected chi connectivity index (χ2v) is 12.0. The molecule has 0 N–H and O–H groups in total. The number of carbonyl (C=O) groups is 8. The molecule has 1 aromatic heterocycles. The van der Waals surface area contributed by atoms with Crippen molar-refractivity contribution in [2.24, 2.45) is 0 Å². The molecule has 0 unspecified atom stereocenters. The minimum absolute atomic E-state index is 0.186. The molecule has 3 aromatic rings. The maximum Gasteiger partial charge on any atom is 0.328 e. The van der Waals surface area contributed by atoms with Gasteiger partial charge in [-0.05, 0) is 48.9 Å². The van der Waals surface area contributed by atoms with Gasteiger partial charge in [-0.2, -0.15) is 0 Å². The van der Waals surface area contributed by atoms with Crippen LogP contribution in [0, 0.1) is 6.92 Å². The zero-order valence-corrected chi connectivity index (χ0v) is 33.1. The Morgan fingerprint density at radius 3 is 1.37 bits per heavy atom. The van der Waals surface area contributed by atoms with Gasteiger partial charge in [-0.25, -0.2) is 4.98 Å². The lowest BCUT2D eigenvalue weighted by Gasteiger charge is -2.26. The largest absolute Gasteiger partial charge is 0.496 e. The number of hydrogen-bond acceptors (Lipinski definition) is 21. The fourth-order valence-corrected chi connectivity index (χ4v) is 4.85. The summed E-state index contributed by atoms with van der Waals surface area (Å²) in [5.41, 5.74) is 1.76. The van der Waals surface area contributed by atoms with E-state index >= 15 is 0 Å². The van der Waals surface area contributed by atoms with Crippen LogP contribution in [0.15, 0.2) is 42.5 Å². The van der Waals surface area contributed by atoms with Crippen molar-refractivity contribution in [3.8, 4) is 11.5 Å². The molecule has 21 heteroatoms. The molecule has 0 aliphatic carbocycles. The minimum Gasteiger partial charge on any atom is -0.496 e. The van der Waals surface area contributed by atoms with Gasteiger partial charge in [0.1, 0.15) is 44.3 Å². The van der Waals surface area contributed by atoms with Crippen LogP contribution in [0.2, 0.25) is 0 Å². The van der Waals surface area contributed by atoms with Crippen molar-refractivity contribution in [2.75, 3.05) is 70.3 Å². The molecule has 318 valence electrons. The number of esters is 8. The van der Waals surface area contributed by atoms with Gasteiger partial charge in [0.05, 0.1) is 29.7 Å². The number of fused-ring (bicyclic) bond motifs is 1. The normalized spacial score (nSPS) is 10.3. The summed E-state index contributed by atoms with van der Waals surface area (Å²) in [6.07, 6.45) is 0. The van der Waals surface area contributed by atoms with E-state index in [1.807, 2.05) is 0 Å². The monoisotopic (exact) mass is 829 g/mol. The highest BCUT2D eigenvalue weighted by Gasteiger charge is 2.24. The van der Waals surface area contributed by atoms with Crippen molar-refractivity contribution in [2.45, 2.75) is 41.2 Å². The number of hydrogen-bond donors (Lipinski definition) is 0. The van der Waals surface area contributed by atoms with E-state index < -0.39 is 101 Å². The topological polar surface area (TPSA) is 248 Å². The van der Waals surface area contributed by atoms with Crippen molar-refractivity contribution >= 4 is 70.0 Å². The lowest BCUT2D eigenvalue weighted by molar-refractivity contribution is -0.167. The zero-order chi connectivity index (χ0) is 43.5. The van der Waals surface area contributed by atoms with Gasteiger partial charge in [-0.1, -0.05) is 6.07 Å². The van der Waals surface area contributed by atoms with E-state index in [1.165, 1.54) is 23.0 Å². The molecule has 0 aliphatic heterocycles. The third-order valence-corrected chi connectivity index (χ3v) is 7.45. The maximum absolute atomic E-state index is 12.8. The zero-order valence-electron chi connectivity index (χ0n) is 33.1. The Bertz CT molecular complexity index is 1950. The van der Waals surface area contributed by atoms with Crippen LogP contribution in [0.5, 0.6) is 11.5 Å². The smallest absolute Gasteiger partial charge is 0.328 e. The van der Waals surface area contributed by atoms with E-state index in [0.29, 0.717) is 16.8 Å². The van der Waals surface area contributed by atoms with Crippen LogP contribution < -0.4 is 19.3 Å². The number of benzene rings is 2. The molecule has 0 saturated carbocycles. The average molecular weight is 830 g/mol. The Hall–Kier alpha value is -7.19. The highest BCUT2D eigenvalue weighted by atomic mass is 16.7. The molecule has 1 heterocycles. The average Bonchev–Trinajstić information content (AvgIpc) is 3.15. The van der Waals surface area contributed by atoms with Crippen molar-refractivity contribution in [3.05, 3.63) is 53.7 Å². The number of anilines is 2. The van der Waals surface area contributed by atoms with Gasteiger partial charge in [0.25, 0.3) is 0 Å². The SMILES string of the molecule is COc1ccc(N(CC(=O)OCOC(C)=O)CC(=O)OCOC(C)=O)c2nc(COc3cc(C)ccc3N(CC(=O)OCOC(C)=O)CC(=O)OCOC(C)=O)ccc12. The third kappa shape index (κ3) is 16.1. The van der Waals surface area contributed by atoms with E-state index in [0.717, 1.165) is 33.3 Å². The first-order valence-corrected chi connectivity index (χ1v) is 17.4. The molecule has 0 aliphatic rings. The number of pyridine rings is 1. The number of aromatic nitrogens is 1. The van der Waals surface area contributed by atoms with Gasteiger partial charge in [0, 0.05) is 33.1 Å². The second kappa shape index (κ2) is 23.1. The van der Waals surface area contributed by atoms with Gasteiger partial charge in [-0.3, -0.25) is 38.4 Å². The number of rotatable bonds is 22. The fourth-order valence-electron chi connectivity index (χ4n) is 4.85. The number of carbonyl (C=O) groups excluding carboxylic acids is 8. The first-order valence-electron chi connectivity index (χ1n) is 17.4. The molecule has 0 atom stereocenters. The van der Waals surface area contributed by atoms with Gasteiger partial charge >= 0.3 is 47.8 Å². The van der Waals surface area contributed by atoms with Crippen molar-refractivity contribution in [3.63, 3.8) is 0 Å². The van der Waals surface area contributed by atoms with Crippen molar-refractivity contribution in [1.29, 1.82) is 0 Å². The van der Waals surface area contributed by atoms with Crippen molar-refractivity contribution < 1.29 is 85.7 Å². The minimum atomic E-state index is -0.885. The van der Waals surface area contributed by atoms with Crippen LogP contribution in [0.1, 0.15) is 39.0 Å². The van der Waals surface area contributed by atoms with Gasteiger partial charge < -0.3 is 57.2 Å². The standard InChI is InChI=1S/C38H43N3O18/c1-23-7-10-30(40(14-34(46)56-19-52-24(2)42)15-35(47)57-20-53-25(3)43)33(13-23)51-18-28-8-9-29-32(50-6)12-11-31(38(29)39-28)41(16-36(48)58-21-54-26(4)44)17-37(49)59-22-55-27(5)45/h7-13H,14-22H2,1-6H3. The summed E-state index contributed by atoms with van der Waals surface area (Å²) in [6, 6.07) is 11.3. The van der Waals surface area contributed by atoms with Crippen LogP contribution in [-0.2, 0) is 82.9 Å². The Balaban J connectivity index is 1.99. The summed E-state index contributed by atoms with van der Waals surface area (Å²) in [4.78, 5) is 103. The van der Waals surface area contributed by atoms with E-state index in [1.54, 1.807) is 43.3 Å². The molecule has 59 heavy (non-hydrogen) atoms. The van der Waals surface area contributed by atoms with E-state index in [-0.39, 0.29) is 29.2 Å². The highest BCUT2D eigenvalue weighted by Crippen LogP contribution is 2.34. The molecule has 2 aromatic carbocycles. The summed E-state index contributed by atoms with van der Waals surface area (Å²) >= 11 is 0. The van der Waals surface area contributed by atoms with Gasteiger partial charge in [0.15, 0.2) is 0 Å². The summed E-state index contributed by atoms with van der Waals surface area (Å²) in [7, 11) is 1.44. The summed E-state index contributed by atoms with van der Waals surface area (Å²) in [5, 5.41) is 0.460. The van der Waals surface area contributed by atoms with Crippen molar-refractivity contribution in [1.82, 2.24) is 4.98 Å². The number of methoxy groups -OCH3 is 1. The van der Waals surface area contributed by atoms with E-state index in [9.17, 15) is 38.4 Å². The van der Waals surface area contributed by atoms with Gasteiger partial charge in [-0.15, -0.1) is 0 Å². The van der Waals surface area contributed by atoms with Crippen LogP contribution in [0.25, 0.3) is 10.9 Å². The molecule has 0 bridgehead atoms. The number of aryl methyl sites for hydroxylation is 1. The Morgan fingerprint density at radius 2 is 0.949 bits per heavy atom. The number of nitrogens with zero attached hydrogens (tertiary/aromatic N) is 3. The van der Waals surface area contributed by atoms with E-state index in [4.69, 9.17) is 33.4 Å². The second-order valence-electron chi connectivity index (χ2n) is 12.0. The van der Waals surface area contributed by atoms with Gasteiger partial charge in [0.2, 0.25) is 27.2 Å². The Morgan fingerprint density at radius 1 is 0.525 bits per heavy atom. The maximum atomic E-state index is 12.8. The fraction of sp³-hybridized carbons (Fsp3) is 0.395. The molecule has 0 spiro atoms. The molecular weight excluding hydrogens is 786 g/mol. The first-order chi connectivity index (χ1) is 28.1. The Kier molecular flexibility index (Phi) is 18.1. The molecule has 0 fully saturated rings. The lowest BCUT2D eigenvalue weighted by atomic mass is 10.1. The summed E-state index contributed by atoms with van der Waals surface area (Å²) < 4.78 is 50.4. The molecular formula is C38H43N3O18. The molecule has 3 rings (SSSR count). The summed E-state index contributed by atoms with van der Waals surface area (Å²) in [6.45, 7) is 1.22. The lowest BCUT2D eigenvalue weighted by Crippen LogP contribution is -2.37. The highest BCUT2D eigenvalue weighted by molar-refractivity contribution is 5.97. The quantitative estimate of drug-likeness (QED) is 0.0798. The third-order valence-electron chi connectivity index (χ3n) is 7.45. The Labute approximate surface area is 337 Å². The van der Waals surface area contributed by atoms with E-state index in [2.05, 4.69) is 18.9 Å². The predicted octanol–water partition coefficient (Wildman–Crippen LogP) is 2.00. The molecule has 0 saturated heterocycles. The predicted molar refractivity (Wildman–Crippen MR) is 199 cm³/mol. The van der Waals surface area contributed by atoms with Crippen LogP contribution >= 0.6 is 0 Å². The van der Waals surface area contributed by atoms with Crippen LogP contribution in [0.4, 0.5) is 11.4 Å². The summed E-state index contributed by atoms with van der Waals surface area (Å²) in [5.74, 6) is -5.70.